The molecule has 11 heteroatoms. The van der Waals surface area contributed by atoms with Crippen LogP contribution in [0.5, 0.6) is 0 Å². The van der Waals surface area contributed by atoms with E-state index in [0.717, 1.165) is 18.4 Å². The summed E-state index contributed by atoms with van der Waals surface area (Å²) < 4.78 is 55.0. The number of carbonyl (C=O) groups is 1. The number of nitrogens with zero attached hydrogens (tertiary/aromatic N) is 3. The van der Waals surface area contributed by atoms with E-state index in [1.807, 2.05) is 36.0 Å². The quantitative estimate of drug-likeness (QED) is 0.289. The summed E-state index contributed by atoms with van der Waals surface area (Å²) in [5.41, 5.74) is 2.12. The first-order valence-electron chi connectivity index (χ1n) is 13.0. The Balaban J connectivity index is 1.41. The van der Waals surface area contributed by atoms with Crippen LogP contribution in [-0.2, 0) is 17.9 Å². The highest BCUT2D eigenvalue weighted by Gasteiger charge is 2.29. The molecule has 0 radical (unpaired) electrons. The first kappa shape index (κ1) is 29.7. The van der Waals surface area contributed by atoms with E-state index >= 15 is 0 Å². The second-order valence-electron chi connectivity index (χ2n) is 10.2. The number of benzene rings is 2. The zero-order valence-corrected chi connectivity index (χ0v) is 23.2. The minimum atomic E-state index is -4.41. The molecule has 1 aromatic heterocycles. The van der Waals surface area contributed by atoms with Crippen molar-refractivity contribution in [2.75, 3.05) is 45.6 Å². The predicted octanol–water partition coefficient (Wildman–Crippen LogP) is 5.10. The number of amides is 1. The van der Waals surface area contributed by atoms with Gasteiger partial charge in [0.05, 0.1) is 23.8 Å². The lowest BCUT2D eigenvalue weighted by Crippen LogP contribution is -2.47. The Morgan fingerprint density at radius 2 is 1.88 bits per heavy atom. The van der Waals surface area contributed by atoms with Gasteiger partial charge in [-0.2, -0.15) is 13.2 Å². The van der Waals surface area contributed by atoms with Crippen LogP contribution < -0.4 is 10.6 Å². The largest absolute Gasteiger partial charge is 0.406 e. The Morgan fingerprint density at radius 3 is 2.55 bits per heavy atom. The molecule has 1 fully saturated rings. The summed E-state index contributed by atoms with van der Waals surface area (Å²) in [6.07, 6.45) is -2.72. The van der Waals surface area contributed by atoms with E-state index in [9.17, 15) is 22.4 Å². The molecule has 1 amide bonds. The average Bonchev–Trinajstić information content (AvgIpc) is 3.22. The van der Waals surface area contributed by atoms with E-state index in [1.54, 1.807) is 18.2 Å². The van der Waals surface area contributed by atoms with Crippen molar-refractivity contribution in [3.63, 3.8) is 0 Å². The molecular formula is C29H32ClF4N5O. The van der Waals surface area contributed by atoms with Gasteiger partial charge in [0, 0.05) is 42.3 Å². The number of piperidine rings is 1. The second kappa shape index (κ2) is 12.9. The number of likely N-dealkylation sites (N-methyl/N-ethyl adjacent to an activating group) is 1. The predicted molar refractivity (Wildman–Crippen MR) is 150 cm³/mol. The number of rotatable bonds is 8. The van der Waals surface area contributed by atoms with Gasteiger partial charge >= 0.3 is 6.18 Å². The van der Waals surface area contributed by atoms with Crippen LogP contribution in [0.3, 0.4) is 0 Å². The SMILES string of the molecule is CN(C)CC(=O)N1CCC(NCc2ccc3c(c2)cc(C#CCNc2ccc(Cl)c(F)c2)n3CC(F)(F)F)CC1. The molecule has 1 aliphatic rings. The van der Waals surface area contributed by atoms with Gasteiger partial charge in [-0.25, -0.2) is 4.39 Å². The molecule has 2 N–H and O–H groups in total. The Kier molecular flexibility index (Phi) is 9.61. The summed E-state index contributed by atoms with van der Waals surface area (Å²) in [5.74, 6) is 5.21. The van der Waals surface area contributed by atoms with Crippen molar-refractivity contribution in [3.05, 3.63) is 64.6 Å². The molecule has 0 bridgehead atoms. The molecule has 0 spiro atoms. The van der Waals surface area contributed by atoms with Crippen molar-refractivity contribution >= 4 is 34.1 Å². The number of halogens is 5. The number of fused-ring (bicyclic) bond motifs is 1. The van der Waals surface area contributed by atoms with Gasteiger partial charge in [0.25, 0.3) is 0 Å². The maximum absolute atomic E-state index is 13.6. The van der Waals surface area contributed by atoms with Crippen molar-refractivity contribution in [2.24, 2.45) is 0 Å². The normalized spacial score (nSPS) is 14.4. The second-order valence-corrected chi connectivity index (χ2v) is 10.6. The summed E-state index contributed by atoms with van der Waals surface area (Å²) >= 11 is 5.69. The van der Waals surface area contributed by atoms with Crippen molar-refractivity contribution in [2.45, 2.75) is 38.1 Å². The fraction of sp³-hybridized carbons (Fsp3) is 0.414. The summed E-state index contributed by atoms with van der Waals surface area (Å²) in [5, 5.41) is 7.11. The Morgan fingerprint density at radius 1 is 1.12 bits per heavy atom. The summed E-state index contributed by atoms with van der Waals surface area (Å²) in [6, 6.07) is 11.6. The third-order valence-corrected chi connectivity index (χ3v) is 7.02. The first-order chi connectivity index (χ1) is 19.0. The molecule has 1 saturated heterocycles. The maximum Gasteiger partial charge on any atom is 0.406 e. The lowest BCUT2D eigenvalue weighted by Gasteiger charge is -2.33. The smallest absolute Gasteiger partial charge is 0.374 e. The molecule has 0 saturated carbocycles. The number of carbonyl (C=O) groups excluding carboxylic acids is 1. The Hall–Kier alpha value is -3.26. The van der Waals surface area contributed by atoms with Gasteiger partial charge in [0.1, 0.15) is 12.4 Å². The topological polar surface area (TPSA) is 52.5 Å². The summed E-state index contributed by atoms with van der Waals surface area (Å²) in [7, 11) is 3.75. The van der Waals surface area contributed by atoms with Gasteiger partial charge in [-0.1, -0.05) is 23.6 Å². The highest BCUT2D eigenvalue weighted by Crippen LogP contribution is 2.26. The third-order valence-electron chi connectivity index (χ3n) is 6.71. The minimum Gasteiger partial charge on any atom is -0.374 e. The van der Waals surface area contributed by atoms with Crippen molar-refractivity contribution in [1.82, 2.24) is 19.7 Å². The fourth-order valence-corrected chi connectivity index (χ4v) is 4.85. The van der Waals surface area contributed by atoms with Crippen LogP contribution in [0, 0.1) is 17.7 Å². The monoisotopic (exact) mass is 577 g/mol. The zero-order chi connectivity index (χ0) is 28.9. The van der Waals surface area contributed by atoms with Crippen LogP contribution in [0.2, 0.25) is 5.02 Å². The fourth-order valence-electron chi connectivity index (χ4n) is 4.74. The minimum absolute atomic E-state index is 0.000332. The van der Waals surface area contributed by atoms with Gasteiger partial charge in [-0.15, -0.1) is 0 Å². The van der Waals surface area contributed by atoms with E-state index in [0.29, 0.717) is 42.8 Å². The number of nitrogens with one attached hydrogen (secondary N) is 2. The summed E-state index contributed by atoms with van der Waals surface area (Å²) in [6.45, 7) is 1.33. The molecular weight excluding hydrogens is 546 g/mol. The molecule has 6 nitrogen and oxygen atoms in total. The molecule has 0 aliphatic carbocycles. The number of alkyl halides is 3. The molecule has 3 aromatic rings. The number of anilines is 1. The maximum atomic E-state index is 13.6. The molecule has 2 heterocycles. The van der Waals surface area contributed by atoms with Crippen LogP contribution in [-0.4, -0.2) is 72.8 Å². The van der Waals surface area contributed by atoms with Crippen molar-refractivity contribution in [1.29, 1.82) is 0 Å². The Labute approximate surface area is 236 Å². The standard InChI is InChI=1S/C29H32ClF4N5O/c1-37(2)18-28(40)38-12-9-22(10-13-38)36-17-20-5-8-27-21(14-20)15-24(39(27)19-29(32,33)34)4-3-11-35-23-6-7-25(30)26(31)16-23/h5-8,14-16,22,35-36H,9-13,17-19H2,1-2H3. The van der Waals surface area contributed by atoms with E-state index in [2.05, 4.69) is 22.5 Å². The molecule has 0 atom stereocenters. The van der Waals surface area contributed by atoms with Gasteiger partial charge < -0.3 is 25.0 Å². The van der Waals surface area contributed by atoms with Crippen LogP contribution in [0.1, 0.15) is 24.1 Å². The van der Waals surface area contributed by atoms with Crippen molar-refractivity contribution < 1.29 is 22.4 Å². The molecule has 2 aromatic carbocycles. The van der Waals surface area contributed by atoms with Crippen LogP contribution in [0.25, 0.3) is 10.9 Å². The number of hydrogen-bond acceptors (Lipinski definition) is 4. The van der Waals surface area contributed by atoms with E-state index in [-0.39, 0.29) is 29.2 Å². The molecule has 1 aliphatic heterocycles. The number of likely N-dealkylation sites (tertiary alicyclic amines) is 1. The summed E-state index contributed by atoms with van der Waals surface area (Å²) in [4.78, 5) is 16.0. The zero-order valence-electron chi connectivity index (χ0n) is 22.4. The van der Waals surface area contributed by atoms with Gasteiger partial charge in [-0.3, -0.25) is 4.79 Å². The number of aromatic nitrogens is 1. The lowest BCUT2D eigenvalue weighted by molar-refractivity contribution is -0.140. The average molecular weight is 578 g/mol. The third kappa shape index (κ3) is 8.13. The van der Waals surface area contributed by atoms with Crippen molar-refractivity contribution in [3.8, 4) is 11.8 Å². The van der Waals surface area contributed by atoms with Crippen LogP contribution >= 0.6 is 11.6 Å². The molecule has 0 unspecified atom stereocenters. The van der Waals surface area contributed by atoms with Crippen LogP contribution in [0.15, 0.2) is 42.5 Å². The van der Waals surface area contributed by atoms with E-state index in [4.69, 9.17) is 11.6 Å². The first-order valence-corrected chi connectivity index (χ1v) is 13.4. The highest BCUT2D eigenvalue weighted by atomic mass is 35.5. The van der Waals surface area contributed by atoms with E-state index < -0.39 is 18.5 Å². The van der Waals surface area contributed by atoms with Gasteiger partial charge in [0.2, 0.25) is 5.91 Å². The molecule has 40 heavy (non-hydrogen) atoms. The molecule has 214 valence electrons. The van der Waals surface area contributed by atoms with Crippen LogP contribution in [0.4, 0.5) is 23.2 Å². The van der Waals surface area contributed by atoms with Gasteiger partial charge in [-0.05, 0) is 74.8 Å². The Bertz CT molecular complexity index is 1400. The highest BCUT2D eigenvalue weighted by molar-refractivity contribution is 6.30. The van der Waals surface area contributed by atoms with Gasteiger partial charge in [0.15, 0.2) is 0 Å². The van der Waals surface area contributed by atoms with E-state index in [1.165, 1.54) is 16.7 Å². The lowest BCUT2D eigenvalue weighted by atomic mass is 10.0. The number of hydrogen-bond donors (Lipinski definition) is 2. The molecule has 4 rings (SSSR count).